The second-order valence-electron chi connectivity index (χ2n) is 5.89. The first-order valence-electron chi connectivity index (χ1n) is 7.85. The molecule has 0 aromatic carbocycles. The van der Waals surface area contributed by atoms with E-state index in [0.717, 1.165) is 31.7 Å². The zero-order valence-corrected chi connectivity index (χ0v) is 12.0. The maximum Gasteiger partial charge on any atom is 0.0587 e. The summed E-state index contributed by atoms with van der Waals surface area (Å²) >= 11 is 0. The van der Waals surface area contributed by atoms with Crippen molar-refractivity contribution >= 4 is 0 Å². The van der Waals surface area contributed by atoms with Crippen molar-refractivity contribution in [3.8, 4) is 0 Å². The highest BCUT2D eigenvalue weighted by atomic mass is 16.5. The number of nitrogens with one attached hydrogen (secondary N) is 1. The Morgan fingerprint density at radius 1 is 1.11 bits per heavy atom. The average Bonchev–Trinajstić information content (AvgIpc) is 2.43. The van der Waals surface area contributed by atoms with Crippen molar-refractivity contribution in [1.82, 2.24) is 10.2 Å². The van der Waals surface area contributed by atoms with Gasteiger partial charge in [-0.15, -0.1) is 0 Å². The van der Waals surface area contributed by atoms with Crippen LogP contribution in [0.25, 0.3) is 0 Å². The van der Waals surface area contributed by atoms with E-state index in [1.165, 1.54) is 58.0 Å². The van der Waals surface area contributed by atoms with Crippen molar-refractivity contribution in [2.75, 3.05) is 39.9 Å². The molecule has 0 bridgehead atoms. The van der Waals surface area contributed by atoms with E-state index in [2.05, 4.69) is 10.2 Å². The number of fused-ring (bicyclic) bond motifs is 1. The molecule has 1 saturated heterocycles. The minimum Gasteiger partial charge on any atom is -0.383 e. The summed E-state index contributed by atoms with van der Waals surface area (Å²) < 4.78 is 5.04. The van der Waals surface area contributed by atoms with Crippen LogP contribution in [-0.2, 0) is 4.74 Å². The van der Waals surface area contributed by atoms with Gasteiger partial charge in [0.2, 0.25) is 0 Å². The second-order valence-corrected chi connectivity index (χ2v) is 5.89. The van der Waals surface area contributed by atoms with Crippen LogP contribution in [0.4, 0.5) is 0 Å². The number of rotatable bonds is 7. The number of methoxy groups -OCH3 is 1. The van der Waals surface area contributed by atoms with Gasteiger partial charge in [-0.2, -0.15) is 0 Å². The lowest BCUT2D eigenvalue weighted by atomic mass is 9.78. The van der Waals surface area contributed by atoms with Crippen LogP contribution in [0, 0.1) is 5.92 Å². The number of hydrogen-bond donors (Lipinski definition) is 1. The van der Waals surface area contributed by atoms with Gasteiger partial charge in [0.25, 0.3) is 0 Å². The number of nitrogens with zero attached hydrogens (tertiary/aromatic N) is 1. The molecule has 0 aromatic rings. The number of hydrogen-bond acceptors (Lipinski definition) is 3. The second kappa shape index (κ2) is 8.13. The van der Waals surface area contributed by atoms with E-state index < -0.39 is 0 Å². The van der Waals surface area contributed by atoms with Crippen LogP contribution in [-0.4, -0.2) is 50.8 Å². The fourth-order valence-corrected chi connectivity index (χ4v) is 3.71. The Bertz CT molecular complexity index is 221. The molecule has 1 aliphatic carbocycles. The molecule has 0 aromatic heterocycles. The van der Waals surface area contributed by atoms with Gasteiger partial charge >= 0.3 is 0 Å². The summed E-state index contributed by atoms with van der Waals surface area (Å²) in [6.45, 7) is 5.59. The van der Waals surface area contributed by atoms with Crippen molar-refractivity contribution in [1.29, 1.82) is 0 Å². The lowest BCUT2D eigenvalue weighted by Gasteiger charge is -2.44. The van der Waals surface area contributed by atoms with E-state index in [4.69, 9.17) is 4.74 Å². The first-order valence-corrected chi connectivity index (χ1v) is 7.85. The van der Waals surface area contributed by atoms with Gasteiger partial charge in [-0.25, -0.2) is 0 Å². The molecule has 1 N–H and O–H groups in total. The number of ether oxygens (including phenoxy) is 1. The van der Waals surface area contributed by atoms with Crippen molar-refractivity contribution in [3.63, 3.8) is 0 Å². The molecule has 3 heteroatoms. The average molecular weight is 254 g/mol. The molecule has 18 heavy (non-hydrogen) atoms. The van der Waals surface area contributed by atoms with Gasteiger partial charge in [0, 0.05) is 19.7 Å². The smallest absolute Gasteiger partial charge is 0.0587 e. The van der Waals surface area contributed by atoms with Crippen LogP contribution in [0.3, 0.4) is 0 Å². The van der Waals surface area contributed by atoms with Gasteiger partial charge in [0.05, 0.1) is 6.61 Å². The van der Waals surface area contributed by atoms with Gasteiger partial charge < -0.3 is 15.0 Å². The topological polar surface area (TPSA) is 24.5 Å². The molecule has 2 atom stereocenters. The fourth-order valence-electron chi connectivity index (χ4n) is 3.71. The van der Waals surface area contributed by atoms with Gasteiger partial charge in [0.15, 0.2) is 0 Å². The van der Waals surface area contributed by atoms with E-state index in [9.17, 15) is 0 Å². The van der Waals surface area contributed by atoms with Crippen molar-refractivity contribution in [2.45, 2.75) is 51.0 Å². The number of piperidine rings is 1. The van der Waals surface area contributed by atoms with E-state index >= 15 is 0 Å². The largest absolute Gasteiger partial charge is 0.383 e. The summed E-state index contributed by atoms with van der Waals surface area (Å²) in [4.78, 5) is 2.78. The third-order valence-corrected chi connectivity index (χ3v) is 4.64. The minimum atomic E-state index is 0.828. The quantitative estimate of drug-likeness (QED) is 0.705. The predicted molar refractivity (Wildman–Crippen MR) is 75.9 cm³/mol. The molecule has 0 amide bonds. The zero-order chi connectivity index (χ0) is 12.6. The molecule has 3 nitrogen and oxygen atoms in total. The maximum absolute atomic E-state index is 5.04. The maximum atomic E-state index is 5.04. The standard InChI is InChI=1S/C15H30N2O/c1-18-13-10-16-9-5-12-17-11-4-7-14-6-2-3-8-15(14)17/h14-16H,2-13H2,1H3. The summed E-state index contributed by atoms with van der Waals surface area (Å²) in [7, 11) is 1.76. The van der Waals surface area contributed by atoms with Crippen molar-refractivity contribution in [3.05, 3.63) is 0 Å². The molecule has 0 spiro atoms. The van der Waals surface area contributed by atoms with Crippen LogP contribution in [0.2, 0.25) is 0 Å². The SMILES string of the molecule is COCCNCCCN1CCCC2CCCCC21. The minimum absolute atomic E-state index is 0.828. The Hall–Kier alpha value is -0.120. The molecule has 2 unspecified atom stereocenters. The van der Waals surface area contributed by atoms with Gasteiger partial charge in [-0.3, -0.25) is 0 Å². The molecule has 2 rings (SSSR count). The third-order valence-electron chi connectivity index (χ3n) is 4.64. The molecule has 1 aliphatic heterocycles. The first kappa shape index (κ1) is 14.3. The van der Waals surface area contributed by atoms with E-state index in [0.29, 0.717) is 0 Å². The van der Waals surface area contributed by atoms with Gasteiger partial charge in [0.1, 0.15) is 0 Å². The normalized spacial score (nSPS) is 29.2. The zero-order valence-electron chi connectivity index (χ0n) is 12.0. The highest BCUT2D eigenvalue weighted by molar-refractivity contribution is 4.87. The Balaban J connectivity index is 1.62. The Kier molecular flexibility index (Phi) is 6.46. The summed E-state index contributed by atoms with van der Waals surface area (Å²) in [6, 6.07) is 0.923. The molecular weight excluding hydrogens is 224 g/mol. The Morgan fingerprint density at radius 3 is 2.83 bits per heavy atom. The lowest BCUT2D eigenvalue weighted by molar-refractivity contribution is 0.0600. The number of likely N-dealkylation sites (tertiary alicyclic amines) is 1. The highest BCUT2D eigenvalue weighted by Gasteiger charge is 2.32. The summed E-state index contributed by atoms with van der Waals surface area (Å²) in [5.41, 5.74) is 0. The van der Waals surface area contributed by atoms with Crippen LogP contribution in [0.15, 0.2) is 0 Å². The molecule has 106 valence electrons. The molecule has 1 saturated carbocycles. The molecule has 2 aliphatic rings. The van der Waals surface area contributed by atoms with Crippen LogP contribution in [0.5, 0.6) is 0 Å². The first-order chi connectivity index (χ1) is 8.92. The molecule has 2 fully saturated rings. The highest BCUT2D eigenvalue weighted by Crippen LogP contribution is 2.35. The Labute approximate surface area is 112 Å². The van der Waals surface area contributed by atoms with Crippen molar-refractivity contribution < 1.29 is 4.74 Å². The van der Waals surface area contributed by atoms with Gasteiger partial charge in [-0.1, -0.05) is 12.8 Å². The lowest BCUT2D eigenvalue weighted by Crippen LogP contribution is -2.47. The Morgan fingerprint density at radius 2 is 1.94 bits per heavy atom. The molecule has 0 radical (unpaired) electrons. The monoisotopic (exact) mass is 254 g/mol. The summed E-state index contributed by atoms with van der Waals surface area (Å²) in [5.74, 6) is 1.02. The van der Waals surface area contributed by atoms with Crippen LogP contribution < -0.4 is 5.32 Å². The molecular formula is C15H30N2O. The van der Waals surface area contributed by atoms with Gasteiger partial charge in [-0.05, 0) is 57.7 Å². The third kappa shape index (κ3) is 4.22. The van der Waals surface area contributed by atoms with Crippen molar-refractivity contribution in [2.24, 2.45) is 5.92 Å². The van der Waals surface area contributed by atoms with Crippen LogP contribution >= 0.6 is 0 Å². The molecule has 1 heterocycles. The predicted octanol–water partition coefficient (Wildman–Crippen LogP) is 2.27. The van der Waals surface area contributed by atoms with E-state index in [-0.39, 0.29) is 0 Å². The summed E-state index contributed by atoms with van der Waals surface area (Å²) in [6.07, 6.45) is 10.1. The van der Waals surface area contributed by atoms with Crippen LogP contribution in [0.1, 0.15) is 44.9 Å². The fraction of sp³-hybridized carbons (Fsp3) is 1.00. The van der Waals surface area contributed by atoms with E-state index in [1.807, 2.05) is 0 Å². The summed E-state index contributed by atoms with van der Waals surface area (Å²) in [5, 5.41) is 3.45. The van der Waals surface area contributed by atoms with E-state index in [1.54, 1.807) is 7.11 Å².